The number of nitrogens with zero attached hydrogens (tertiary/aromatic N) is 3. The van der Waals surface area contributed by atoms with Crippen LogP contribution in [-0.2, 0) is 31.9 Å². The molecule has 10 rings (SSSR count). The maximum atomic E-state index is 11.4. The maximum absolute atomic E-state index is 11.4. The van der Waals surface area contributed by atoms with E-state index in [9.17, 15) is 5.11 Å². The van der Waals surface area contributed by atoms with Crippen LogP contribution in [0.1, 0.15) is 51.3 Å². The van der Waals surface area contributed by atoms with E-state index in [0.717, 1.165) is 61.4 Å². The number of benzene rings is 7. The second kappa shape index (κ2) is 15.0. The summed E-state index contributed by atoms with van der Waals surface area (Å²) in [5.74, 6) is 0.832. The summed E-state index contributed by atoms with van der Waals surface area (Å²) in [6.45, 7) is 11.3. The predicted molar refractivity (Wildman–Crippen MR) is 243 cm³/mol. The first-order chi connectivity index (χ1) is 28.6. The van der Waals surface area contributed by atoms with Gasteiger partial charge in [0.2, 0.25) is 0 Å². The third-order valence-corrected chi connectivity index (χ3v) is 12.0. The summed E-state index contributed by atoms with van der Waals surface area (Å²) in [6.07, 6.45) is 1.94. The van der Waals surface area contributed by atoms with E-state index in [0.29, 0.717) is 11.4 Å². The quantitative estimate of drug-likeness (QED) is 0.169. The number of phenolic OH excluding ortho intramolecular Hbond substituents is 1. The third-order valence-electron chi connectivity index (χ3n) is 12.0. The topological polar surface area (TPSA) is 50.9 Å². The van der Waals surface area contributed by atoms with Gasteiger partial charge in [0.25, 0.3) is 0 Å². The molecule has 5 heteroatoms. The number of fused-ring (bicyclic) bond motifs is 4. The first-order valence-corrected chi connectivity index (χ1v) is 20.3. The van der Waals surface area contributed by atoms with Gasteiger partial charge in [-0.3, -0.25) is 9.55 Å². The Labute approximate surface area is 366 Å². The normalized spacial score (nSPS) is 12.8. The molecular weight excluding hydrogens is 914 g/mol. The molecule has 1 N–H and O–H groups in total. The molecule has 4 nitrogen and oxygen atoms in total. The van der Waals surface area contributed by atoms with Crippen LogP contribution >= 0.6 is 0 Å². The van der Waals surface area contributed by atoms with Crippen molar-refractivity contribution in [3.8, 4) is 78.6 Å². The number of aromatic hydroxyl groups is 1. The SMILES string of the molecule is CC(C)(C)c1ccc(-n2c(-c3ccccc3O)nc3c(-c4[c-]c(-c5nccc6c5C(C)(C)c5ccccc5-6)cc(-c5ccccc5)c4)cccc32)c(-c2ccccc2)c1.[Pt]. The summed E-state index contributed by atoms with van der Waals surface area (Å²) in [5.41, 5.74) is 17.4. The van der Waals surface area contributed by atoms with Gasteiger partial charge in [0, 0.05) is 43.9 Å². The van der Waals surface area contributed by atoms with E-state index in [1.165, 1.54) is 27.8 Å². The van der Waals surface area contributed by atoms with Gasteiger partial charge in [0.1, 0.15) is 11.6 Å². The average Bonchev–Trinajstić information content (AvgIpc) is 3.76. The number of phenols is 1. The molecule has 0 saturated carbocycles. The van der Waals surface area contributed by atoms with Crippen LogP contribution in [0.2, 0.25) is 0 Å². The second-order valence-corrected chi connectivity index (χ2v) is 17.1. The van der Waals surface area contributed by atoms with Gasteiger partial charge >= 0.3 is 0 Å². The summed E-state index contributed by atoms with van der Waals surface area (Å²) in [6, 6.07) is 60.9. The van der Waals surface area contributed by atoms with Crippen LogP contribution in [0.4, 0.5) is 0 Å². The van der Waals surface area contributed by atoms with Gasteiger partial charge in [-0.05, 0) is 80.8 Å². The zero-order valence-electron chi connectivity index (χ0n) is 34.3. The molecule has 0 bridgehead atoms. The molecule has 7 aromatic carbocycles. The van der Waals surface area contributed by atoms with Gasteiger partial charge in [0.15, 0.2) is 0 Å². The number of hydrogen-bond donors (Lipinski definition) is 1. The number of para-hydroxylation sites is 2. The van der Waals surface area contributed by atoms with Crippen molar-refractivity contribution in [2.45, 2.75) is 45.4 Å². The minimum atomic E-state index is -0.253. The minimum absolute atomic E-state index is 0. The first kappa shape index (κ1) is 39.1. The van der Waals surface area contributed by atoms with Crippen molar-refractivity contribution in [1.29, 1.82) is 0 Å². The van der Waals surface area contributed by atoms with Crippen molar-refractivity contribution in [3.63, 3.8) is 0 Å². The van der Waals surface area contributed by atoms with E-state index >= 15 is 0 Å². The number of pyridine rings is 1. The van der Waals surface area contributed by atoms with Crippen LogP contribution in [0.3, 0.4) is 0 Å². The van der Waals surface area contributed by atoms with Gasteiger partial charge in [0.05, 0.1) is 22.3 Å². The molecule has 0 fully saturated rings. The Balaban J connectivity index is 0.00000462. The zero-order chi connectivity index (χ0) is 40.5. The molecule has 2 aromatic heterocycles. The Bertz CT molecular complexity index is 3070. The number of imidazole rings is 1. The van der Waals surface area contributed by atoms with Crippen molar-refractivity contribution in [2.75, 3.05) is 0 Å². The molecule has 1 aliphatic rings. The van der Waals surface area contributed by atoms with Gasteiger partial charge in [-0.15, -0.1) is 23.8 Å². The average molecular weight is 958 g/mol. The molecule has 9 aromatic rings. The maximum Gasteiger partial charge on any atom is 0.148 e. The summed E-state index contributed by atoms with van der Waals surface area (Å²) in [7, 11) is 0. The van der Waals surface area contributed by atoms with Crippen molar-refractivity contribution in [1.82, 2.24) is 14.5 Å². The molecule has 1 aliphatic carbocycles. The summed E-state index contributed by atoms with van der Waals surface area (Å²) >= 11 is 0. The van der Waals surface area contributed by atoms with Gasteiger partial charge in [-0.25, -0.2) is 4.98 Å². The van der Waals surface area contributed by atoms with Crippen LogP contribution < -0.4 is 0 Å². The van der Waals surface area contributed by atoms with E-state index in [1.54, 1.807) is 6.07 Å². The summed E-state index contributed by atoms with van der Waals surface area (Å²) in [5, 5.41) is 11.4. The van der Waals surface area contributed by atoms with Crippen LogP contribution in [0.15, 0.2) is 170 Å². The van der Waals surface area contributed by atoms with Gasteiger partial charge < -0.3 is 5.11 Å². The molecular formula is C55H44N3OPt-. The van der Waals surface area contributed by atoms with E-state index in [-0.39, 0.29) is 37.6 Å². The Hall–Kier alpha value is -6.35. The molecule has 0 unspecified atom stereocenters. The Kier molecular flexibility index (Phi) is 9.80. The van der Waals surface area contributed by atoms with Crippen molar-refractivity contribution in [2.24, 2.45) is 0 Å². The minimum Gasteiger partial charge on any atom is -0.507 e. The monoisotopic (exact) mass is 957 g/mol. The van der Waals surface area contributed by atoms with Crippen molar-refractivity contribution >= 4 is 11.0 Å². The van der Waals surface area contributed by atoms with E-state index in [4.69, 9.17) is 9.97 Å². The van der Waals surface area contributed by atoms with Crippen molar-refractivity contribution in [3.05, 3.63) is 193 Å². The fraction of sp³-hybridized carbons (Fsp3) is 0.127. The van der Waals surface area contributed by atoms with Crippen LogP contribution in [0.5, 0.6) is 5.75 Å². The predicted octanol–water partition coefficient (Wildman–Crippen LogP) is 13.9. The van der Waals surface area contributed by atoms with Gasteiger partial charge in [-0.1, -0.05) is 167 Å². The standard InChI is InChI=1S/C55H44N3O.Pt/c1-54(2,3)40-27-28-47(45(34-40)36-19-10-7-11-20-36)58-48-25-16-23-41(52(48)57-53(58)44-22-13-15-26-49(44)59)38-31-37(35-17-8-6-9-18-35)32-39(33-38)51-50-43(29-30-56-51)42-21-12-14-24-46(42)55(50,4)5;/h6-32,34,59H,1-5H3;/q-1;. The number of aromatic nitrogens is 3. The fourth-order valence-corrected chi connectivity index (χ4v) is 9.01. The number of rotatable bonds is 6. The molecule has 0 aliphatic heterocycles. The Morgan fingerprint density at radius 2 is 1.23 bits per heavy atom. The molecule has 60 heavy (non-hydrogen) atoms. The molecule has 0 saturated heterocycles. The van der Waals surface area contributed by atoms with Crippen LogP contribution in [0.25, 0.3) is 83.9 Å². The fourth-order valence-electron chi connectivity index (χ4n) is 9.01. The Morgan fingerprint density at radius 1 is 0.583 bits per heavy atom. The first-order valence-electron chi connectivity index (χ1n) is 20.3. The molecule has 0 amide bonds. The van der Waals surface area contributed by atoms with Gasteiger partial charge in [-0.2, -0.15) is 0 Å². The largest absolute Gasteiger partial charge is 0.507 e. The van der Waals surface area contributed by atoms with Crippen LogP contribution in [0, 0.1) is 6.07 Å². The molecule has 2 heterocycles. The Morgan fingerprint density at radius 3 is 1.97 bits per heavy atom. The van der Waals surface area contributed by atoms with E-state index < -0.39 is 0 Å². The smallest absolute Gasteiger partial charge is 0.148 e. The third kappa shape index (κ3) is 6.51. The molecule has 0 spiro atoms. The molecule has 296 valence electrons. The zero-order valence-corrected chi connectivity index (χ0v) is 36.5. The van der Waals surface area contributed by atoms with E-state index in [2.05, 4.69) is 185 Å². The number of hydrogen-bond acceptors (Lipinski definition) is 3. The molecule has 0 radical (unpaired) electrons. The van der Waals surface area contributed by atoms with Crippen LogP contribution in [-0.4, -0.2) is 19.6 Å². The van der Waals surface area contributed by atoms with E-state index in [1.807, 2.05) is 24.4 Å². The second-order valence-electron chi connectivity index (χ2n) is 17.1. The summed E-state index contributed by atoms with van der Waals surface area (Å²) < 4.78 is 2.22. The summed E-state index contributed by atoms with van der Waals surface area (Å²) in [4.78, 5) is 10.6. The van der Waals surface area contributed by atoms with Crippen molar-refractivity contribution < 1.29 is 26.2 Å². The molecule has 0 atom stereocenters.